The van der Waals surface area contributed by atoms with Crippen molar-refractivity contribution in [2.45, 2.75) is 38.5 Å². The summed E-state index contributed by atoms with van der Waals surface area (Å²) in [5.41, 5.74) is 6.41. The number of anilines is 1. The molecular weight excluding hydrogens is 198 g/mol. The fourth-order valence-corrected chi connectivity index (χ4v) is 2.38. The largest absolute Gasteiger partial charge is 0.494 e. The van der Waals surface area contributed by atoms with Gasteiger partial charge in [0.05, 0.1) is 6.61 Å². The van der Waals surface area contributed by atoms with Gasteiger partial charge in [-0.05, 0) is 36.6 Å². The standard InChI is InChI=1S/C14H21NO/c15-13-6-8-14(9-7-13)16-11-10-12-4-2-1-3-5-12/h6-9,12H,1-5,10-11,15H2. The van der Waals surface area contributed by atoms with Crippen LogP contribution in [0.1, 0.15) is 38.5 Å². The van der Waals surface area contributed by atoms with E-state index in [1.54, 1.807) is 0 Å². The predicted molar refractivity (Wildman–Crippen MR) is 67.5 cm³/mol. The number of rotatable bonds is 4. The fourth-order valence-electron chi connectivity index (χ4n) is 2.38. The summed E-state index contributed by atoms with van der Waals surface area (Å²) in [5.74, 6) is 1.83. The van der Waals surface area contributed by atoms with Crippen molar-refractivity contribution in [2.24, 2.45) is 5.92 Å². The van der Waals surface area contributed by atoms with E-state index in [0.29, 0.717) is 0 Å². The first-order valence-corrected chi connectivity index (χ1v) is 6.33. The number of nitrogen functional groups attached to an aromatic ring is 1. The van der Waals surface area contributed by atoms with Gasteiger partial charge in [0.1, 0.15) is 5.75 Å². The van der Waals surface area contributed by atoms with Gasteiger partial charge >= 0.3 is 0 Å². The highest BCUT2D eigenvalue weighted by Gasteiger charge is 2.12. The molecule has 0 spiro atoms. The number of hydrogen-bond donors (Lipinski definition) is 1. The second kappa shape index (κ2) is 5.78. The third-order valence-corrected chi connectivity index (χ3v) is 3.40. The molecule has 1 fully saturated rings. The van der Waals surface area contributed by atoms with Crippen molar-refractivity contribution in [2.75, 3.05) is 12.3 Å². The Morgan fingerprint density at radius 3 is 2.44 bits per heavy atom. The summed E-state index contributed by atoms with van der Waals surface area (Å²) in [6.07, 6.45) is 8.23. The molecule has 88 valence electrons. The Balaban J connectivity index is 1.69. The van der Waals surface area contributed by atoms with Crippen molar-refractivity contribution in [3.05, 3.63) is 24.3 Å². The molecule has 1 aliphatic carbocycles. The van der Waals surface area contributed by atoms with Crippen molar-refractivity contribution in [1.82, 2.24) is 0 Å². The Morgan fingerprint density at radius 2 is 1.75 bits per heavy atom. The van der Waals surface area contributed by atoms with Crippen LogP contribution in [-0.4, -0.2) is 6.61 Å². The second-order valence-electron chi connectivity index (χ2n) is 4.71. The average Bonchev–Trinajstić information content (AvgIpc) is 2.33. The normalized spacial score (nSPS) is 17.2. The molecule has 0 aromatic heterocycles. The third kappa shape index (κ3) is 3.44. The molecule has 0 radical (unpaired) electrons. The molecular formula is C14H21NO. The third-order valence-electron chi connectivity index (χ3n) is 3.40. The van der Waals surface area contributed by atoms with E-state index in [4.69, 9.17) is 10.5 Å². The molecule has 2 rings (SSSR count). The molecule has 1 aromatic rings. The van der Waals surface area contributed by atoms with E-state index in [-0.39, 0.29) is 0 Å². The van der Waals surface area contributed by atoms with E-state index < -0.39 is 0 Å². The van der Waals surface area contributed by atoms with E-state index >= 15 is 0 Å². The Bertz CT molecular complexity index is 301. The molecule has 0 aliphatic heterocycles. The van der Waals surface area contributed by atoms with Gasteiger partial charge in [0, 0.05) is 5.69 Å². The monoisotopic (exact) mass is 219 g/mol. The summed E-state index contributed by atoms with van der Waals surface area (Å²) in [4.78, 5) is 0. The molecule has 2 N–H and O–H groups in total. The summed E-state index contributed by atoms with van der Waals surface area (Å²) in [5, 5.41) is 0. The van der Waals surface area contributed by atoms with Crippen molar-refractivity contribution in [3.63, 3.8) is 0 Å². The molecule has 2 heteroatoms. The van der Waals surface area contributed by atoms with E-state index in [2.05, 4.69) is 0 Å². The van der Waals surface area contributed by atoms with E-state index in [1.807, 2.05) is 24.3 Å². The van der Waals surface area contributed by atoms with Crippen LogP contribution in [0.25, 0.3) is 0 Å². The Kier molecular flexibility index (Phi) is 4.09. The number of ether oxygens (including phenoxy) is 1. The summed E-state index contributed by atoms with van der Waals surface area (Å²) in [6, 6.07) is 7.65. The van der Waals surface area contributed by atoms with Crippen molar-refractivity contribution in [3.8, 4) is 5.75 Å². The highest BCUT2D eigenvalue weighted by atomic mass is 16.5. The van der Waals surface area contributed by atoms with Crippen molar-refractivity contribution >= 4 is 5.69 Å². The van der Waals surface area contributed by atoms with E-state index in [1.165, 1.54) is 38.5 Å². The maximum absolute atomic E-state index is 5.71. The molecule has 1 saturated carbocycles. The summed E-state index contributed by atoms with van der Waals surface area (Å²) < 4.78 is 5.71. The molecule has 1 aliphatic rings. The van der Waals surface area contributed by atoms with Gasteiger partial charge in [-0.25, -0.2) is 0 Å². The van der Waals surface area contributed by atoms with Crippen LogP contribution >= 0.6 is 0 Å². The van der Waals surface area contributed by atoms with E-state index in [0.717, 1.165) is 24.0 Å². The second-order valence-corrected chi connectivity index (χ2v) is 4.71. The van der Waals surface area contributed by atoms with Crippen LogP contribution in [0, 0.1) is 5.92 Å². The van der Waals surface area contributed by atoms with Gasteiger partial charge in [0.25, 0.3) is 0 Å². The first-order valence-electron chi connectivity index (χ1n) is 6.33. The van der Waals surface area contributed by atoms with Gasteiger partial charge in [-0.1, -0.05) is 32.1 Å². The molecule has 0 bridgehead atoms. The van der Waals surface area contributed by atoms with Crippen LogP contribution in [0.15, 0.2) is 24.3 Å². The number of nitrogens with two attached hydrogens (primary N) is 1. The highest BCUT2D eigenvalue weighted by molar-refractivity contribution is 5.41. The van der Waals surface area contributed by atoms with Crippen LogP contribution in [0.4, 0.5) is 5.69 Å². The highest BCUT2D eigenvalue weighted by Crippen LogP contribution is 2.26. The lowest BCUT2D eigenvalue weighted by molar-refractivity contribution is 0.246. The molecule has 16 heavy (non-hydrogen) atoms. The number of hydrogen-bond acceptors (Lipinski definition) is 2. The van der Waals surface area contributed by atoms with Gasteiger partial charge in [-0.2, -0.15) is 0 Å². The smallest absolute Gasteiger partial charge is 0.119 e. The summed E-state index contributed by atoms with van der Waals surface area (Å²) in [7, 11) is 0. The Labute approximate surface area is 97.8 Å². The average molecular weight is 219 g/mol. The lowest BCUT2D eigenvalue weighted by Crippen LogP contribution is -2.10. The van der Waals surface area contributed by atoms with Crippen molar-refractivity contribution < 1.29 is 4.74 Å². The SMILES string of the molecule is Nc1ccc(OCCC2CCCCC2)cc1. The first kappa shape index (κ1) is 11.3. The van der Waals surface area contributed by atoms with Gasteiger partial charge in [0.15, 0.2) is 0 Å². The Morgan fingerprint density at radius 1 is 1.06 bits per heavy atom. The van der Waals surface area contributed by atoms with Crippen LogP contribution in [0.3, 0.4) is 0 Å². The zero-order valence-corrected chi connectivity index (χ0v) is 9.82. The zero-order chi connectivity index (χ0) is 11.2. The molecule has 0 amide bonds. The number of benzene rings is 1. The minimum atomic E-state index is 0.791. The van der Waals surface area contributed by atoms with Gasteiger partial charge < -0.3 is 10.5 Å². The molecule has 2 nitrogen and oxygen atoms in total. The molecule has 1 aromatic carbocycles. The molecule has 0 saturated heterocycles. The van der Waals surface area contributed by atoms with Gasteiger partial charge in [0.2, 0.25) is 0 Å². The quantitative estimate of drug-likeness (QED) is 0.785. The fraction of sp³-hybridized carbons (Fsp3) is 0.571. The van der Waals surface area contributed by atoms with E-state index in [9.17, 15) is 0 Å². The van der Waals surface area contributed by atoms with Crippen molar-refractivity contribution in [1.29, 1.82) is 0 Å². The Hall–Kier alpha value is -1.18. The van der Waals surface area contributed by atoms with Gasteiger partial charge in [-0.3, -0.25) is 0 Å². The lowest BCUT2D eigenvalue weighted by atomic mass is 9.87. The minimum Gasteiger partial charge on any atom is -0.494 e. The predicted octanol–water partition coefficient (Wildman–Crippen LogP) is 3.62. The van der Waals surface area contributed by atoms with Gasteiger partial charge in [-0.15, -0.1) is 0 Å². The van der Waals surface area contributed by atoms with Crippen LogP contribution in [0.2, 0.25) is 0 Å². The maximum atomic E-state index is 5.71. The zero-order valence-electron chi connectivity index (χ0n) is 9.82. The molecule has 0 heterocycles. The summed E-state index contributed by atoms with van der Waals surface area (Å²) in [6.45, 7) is 0.842. The lowest BCUT2D eigenvalue weighted by Gasteiger charge is -2.21. The minimum absolute atomic E-state index is 0.791. The molecule has 0 unspecified atom stereocenters. The maximum Gasteiger partial charge on any atom is 0.119 e. The van der Waals surface area contributed by atoms with Crippen LogP contribution in [-0.2, 0) is 0 Å². The summed E-state index contributed by atoms with van der Waals surface area (Å²) >= 11 is 0. The molecule has 0 atom stereocenters. The van der Waals surface area contributed by atoms with Crippen LogP contribution in [0.5, 0.6) is 5.75 Å². The van der Waals surface area contributed by atoms with Crippen LogP contribution < -0.4 is 10.5 Å². The topological polar surface area (TPSA) is 35.2 Å². The first-order chi connectivity index (χ1) is 7.84.